The molecule has 2 nitrogen and oxygen atoms in total. The van der Waals surface area contributed by atoms with Crippen LogP contribution in [0.15, 0.2) is 0 Å². The monoisotopic (exact) mass is 254 g/mol. The molecule has 0 unspecified atom stereocenters. The number of hydrogen-bond donors (Lipinski definition) is 1. The molecule has 0 spiro atoms. The quantitative estimate of drug-likeness (QED) is 0.751. The van der Waals surface area contributed by atoms with Gasteiger partial charge in [0.15, 0.2) is 0 Å². The lowest BCUT2D eigenvalue weighted by Gasteiger charge is -2.40. The van der Waals surface area contributed by atoms with E-state index < -0.39 is 0 Å². The Kier molecular flexibility index (Phi) is 6.65. The largest absolute Gasteiger partial charge is 0.330 e. The number of rotatable bonds is 7. The second-order valence-corrected chi connectivity index (χ2v) is 6.92. The summed E-state index contributed by atoms with van der Waals surface area (Å²) in [5.74, 6) is 0.993. The van der Waals surface area contributed by atoms with Crippen LogP contribution in [-0.4, -0.2) is 30.6 Å². The molecular weight excluding hydrogens is 220 g/mol. The van der Waals surface area contributed by atoms with E-state index in [1.54, 1.807) is 0 Å². The molecule has 0 amide bonds. The second-order valence-electron chi connectivity index (χ2n) is 6.92. The van der Waals surface area contributed by atoms with Crippen molar-refractivity contribution < 1.29 is 0 Å². The predicted molar refractivity (Wildman–Crippen MR) is 80.7 cm³/mol. The lowest BCUT2D eigenvalue weighted by molar-refractivity contribution is 0.0939. The van der Waals surface area contributed by atoms with Gasteiger partial charge in [0.05, 0.1) is 0 Å². The summed E-state index contributed by atoms with van der Waals surface area (Å²) in [5.41, 5.74) is 6.16. The molecule has 0 bridgehead atoms. The summed E-state index contributed by atoms with van der Waals surface area (Å²) < 4.78 is 0. The molecule has 0 atom stereocenters. The zero-order valence-corrected chi connectivity index (χ0v) is 13.0. The first kappa shape index (κ1) is 16.0. The fraction of sp³-hybridized carbons (Fsp3) is 1.00. The Bertz CT molecular complexity index is 217. The third kappa shape index (κ3) is 4.89. The van der Waals surface area contributed by atoms with Crippen LogP contribution < -0.4 is 5.73 Å². The minimum Gasteiger partial charge on any atom is -0.330 e. The van der Waals surface area contributed by atoms with E-state index in [-0.39, 0.29) is 5.41 Å². The molecule has 1 fully saturated rings. The van der Waals surface area contributed by atoms with Crippen LogP contribution in [0.1, 0.15) is 66.2 Å². The highest BCUT2D eigenvalue weighted by Gasteiger charge is 2.28. The normalized spacial score (nSPS) is 25.7. The topological polar surface area (TPSA) is 29.3 Å². The Morgan fingerprint density at radius 1 is 1.11 bits per heavy atom. The van der Waals surface area contributed by atoms with Gasteiger partial charge in [0.25, 0.3) is 0 Å². The van der Waals surface area contributed by atoms with Gasteiger partial charge in [0.1, 0.15) is 0 Å². The third-order valence-electron chi connectivity index (χ3n) is 4.60. The molecule has 18 heavy (non-hydrogen) atoms. The maximum absolute atomic E-state index is 5.90. The maximum Gasteiger partial charge on any atom is 0.00956 e. The average molecular weight is 254 g/mol. The molecule has 0 saturated heterocycles. The van der Waals surface area contributed by atoms with Crippen molar-refractivity contribution >= 4 is 0 Å². The van der Waals surface area contributed by atoms with E-state index in [9.17, 15) is 0 Å². The van der Waals surface area contributed by atoms with Crippen molar-refractivity contribution in [1.82, 2.24) is 4.90 Å². The van der Waals surface area contributed by atoms with Gasteiger partial charge in [-0.1, -0.05) is 34.1 Å². The highest BCUT2D eigenvalue weighted by atomic mass is 15.2. The smallest absolute Gasteiger partial charge is 0.00956 e. The Labute approximate surface area is 114 Å². The molecule has 2 heteroatoms. The van der Waals surface area contributed by atoms with Gasteiger partial charge in [-0.25, -0.2) is 0 Å². The lowest BCUT2D eigenvalue weighted by Crippen LogP contribution is -2.45. The van der Waals surface area contributed by atoms with Gasteiger partial charge in [-0.15, -0.1) is 0 Å². The minimum atomic E-state index is 0.261. The Morgan fingerprint density at radius 2 is 1.72 bits per heavy atom. The van der Waals surface area contributed by atoms with Crippen molar-refractivity contribution in [2.75, 3.05) is 19.6 Å². The van der Waals surface area contributed by atoms with Crippen LogP contribution in [0.3, 0.4) is 0 Å². The number of nitrogens with two attached hydrogens (primary N) is 1. The summed E-state index contributed by atoms with van der Waals surface area (Å²) in [6.45, 7) is 12.4. The van der Waals surface area contributed by atoms with Gasteiger partial charge in [0, 0.05) is 12.6 Å². The molecule has 0 aliphatic heterocycles. The lowest BCUT2D eigenvalue weighted by atomic mass is 9.83. The molecule has 0 aromatic heterocycles. The summed E-state index contributed by atoms with van der Waals surface area (Å²) >= 11 is 0. The summed E-state index contributed by atoms with van der Waals surface area (Å²) in [6, 6.07) is 0.818. The number of hydrogen-bond acceptors (Lipinski definition) is 2. The predicted octanol–water partition coefficient (Wildman–Crippen LogP) is 3.65. The molecule has 2 N–H and O–H groups in total. The van der Waals surface area contributed by atoms with E-state index >= 15 is 0 Å². The van der Waals surface area contributed by atoms with E-state index in [4.69, 9.17) is 5.73 Å². The third-order valence-corrected chi connectivity index (χ3v) is 4.60. The van der Waals surface area contributed by atoms with E-state index in [1.807, 2.05) is 0 Å². The molecule has 0 aromatic carbocycles. The van der Waals surface area contributed by atoms with E-state index in [0.29, 0.717) is 0 Å². The molecule has 1 aliphatic rings. The van der Waals surface area contributed by atoms with Crippen molar-refractivity contribution in [3.8, 4) is 0 Å². The van der Waals surface area contributed by atoms with Crippen LogP contribution in [0.5, 0.6) is 0 Å². The molecule has 1 rings (SSSR count). The highest BCUT2D eigenvalue weighted by Crippen LogP contribution is 2.31. The number of nitrogens with zero attached hydrogens (tertiary/aromatic N) is 1. The molecule has 1 aliphatic carbocycles. The average Bonchev–Trinajstić information content (AvgIpc) is 2.38. The standard InChI is InChI=1S/C16H34N2/c1-5-11-18(13-16(3,4)12-17)15-9-7-14(6-2)8-10-15/h14-15H,5-13,17H2,1-4H3. The minimum absolute atomic E-state index is 0.261. The molecule has 0 heterocycles. The fourth-order valence-electron chi connectivity index (χ4n) is 3.21. The van der Waals surface area contributed by atoms with Gasteiger partial charge in [-0.3, -0.25) is 4.90 Å². The van der Waals surface area contributed by atoms with E-state index in [2.05, 4.69) is 32.6 Å². The van der Waals surface area contributed by atoms with Crippen LogP contribution in [0.25, 0.3) is 0 Å². The molecule has 1 saturated carbocycles. The van der Waals surface area contributed by atoms with Gasteiger partial charge < -0.3 is 5.73 Å². The van der Waals surface area contributed by atoms with Crippen LogP contribution in [0.4, 0.5) is 0 Å². The zero-order chi connectivity index (χ0) is 13.6. The summed E-state index contributed by atoms with van der Waals surface area (Å²) in [7, 11) is 0. The molecule has 0 aromatic rings. The van der Waals surface area contributed by atoms with Gasteiger partial charge in [0.2, 0.25) is 0 Å². The van der Waals surface area contributed by atoms with E-state index in [0.717, 1.165) is 18.5 Å². The zero-order valence-electron chi connectivity index (χ0n) is 13.0. The molecular formula is C16H34N2. The summed E-state index contributed by atoms with van der Waals surface area (Å²) in [5, 5.41) is 0. The van der Waals surface area contributed by atoms with Crippen molar-refractivity contribution in [2.24, 2.45) is 17.1 Å². The van der Waals surface area contributed by atoms with Crippen molar-refractivity contribution in [3.63, 3.8) is 0 Å². The van der Waals surface area contributed by atoms with Crippen LogP contribution in [0, 0.1) is 11.3 Å². The molecule has 108 valence electrons. The summed E-state index contributed by atoms with van der Waals surface area (Å²) in [4.78, 5) is 2.72. The highest BCUT2D eigenvalue weighted by molar-refractivity contribution is 4.83. The Balaban J connectivity index is 2.52. The van der Waals surface area contributed by atoms with E-state index in [1.165, 1.54) is 51.6 Å². The van der Waals surface area contributed by atoms with Crippen molar-refractivity contribution in [1.29, 1.82) is 0 Å². The maximum atomic E-state index is 5.90. The van der Waals surface area contributed by atoms with Gasteiger partial charge >= 0.3 is 0 Å². The van der Waals surface area contributed by atoms with Crippen LogP contribution >= 0.6 is 0 Å². The first-order valence-corrected chi connectivity index (χ1v) is 7.96. The van der Waals surface area contributed by atoms with Crippen LogP contribution in [-0.2, 0) is 0 Å². The first-order valence-electron chi connectivity index (χ1n) is 7.96. The van der Waals surface area contributed by atoms with Gasteiger partial charge in [-0.05, 0) is 56.5 Å². The molecule has 0 radical (unpaired) electrons. The van der Waals surface area contributed by atoms with Crippen LogP contribution in [0.2, 0.25) is 0 Å². The van der Waals surface area contributed by atoms with Crippen molar-refractivity contribution in [3.05, 3.63) is 0 Å². The Hall–Kier alpha value is -0.0800. The Morgan fingerprint density at radius 3 is 2.17 bits per heavy atom. The SMILES string of the molecule is CCCN(CC(C)(C)CN)C1CCC(CC)CC1. The summed E-state index contributed by atoms with van der Waals surface area (Å²) in [6.07, 6.45) is 8.30. The fourth-order valence-corrected chi connectivity index (χ4v) is 3.21. The van der Waals surface area contributed by atoms with Crippen molar-refractivity contribution in [2.45, 2.75) is 72.3 Å². The van der Waals surface area contributed by atoms with Gasteiger partial charge in [-0.2, -0.15) is 0 Å². The second kappa shape index (κ2) is 7.49. The first-order chi connectivity index (χ1) is 8.52.